The molecule has 1 amide bonds. The molecule has 0 radical (unpaired) electrons. The third kappa shape index (κ3) is 5.77. The van der Waals surface area contributed by atoms with Crippen molar-refractivity contribution in [3.63, 3.8) is 0 Å². The van der Waals surface area contributed by atoms with Crippen molar-refractivity contribution in [3.05, 3.63) is 34.1 Å². The minimum absolute atomic E-state index is 0.214. The van der Waals surface area contributed by atoms with Gasteiger partial charge < -0.3 is 15.0 Å². The van der Waals surface area contributed by atoms with Crippen LogP contribution in [0.3, 0.4) is 0 Å². The molecule has 1 aliphatic rings. The predicted molar refractivity (Wildman–Crippen MR) is 91.7 cm³/mol. The number of likely N-dealkylation sites (tertiary alicyclic amines) is 1. The topological polar surface area (TPSA) is 41.6 Å². The van der Waals surface area contributed by atoms with Crippen LogP contribution in [0.5, 0.6) is 0 Å². The average Bonchev–Trinajstić information content (AvgIpc) is 2.88. The second kappa shape index (κ2) is 7.62. The van der Waals surface area contributed by atoms with Gasteiger partial charge in [-0.05, 0) is 45.2 Å². The van der Waals surface area contributed by atoms with E-state index in [0.717, 1.165) is 17.4 Å². The first-order valence-corrected chi connectivity index (χ1v) is 8.66. The standard InChI is InChI=1S/C17H24BrFN2O2/c1-17(2,3)23-16(22)21-7-6-12(11-21)9-20-10-13-4-5-14(18)8-15(13)19/h4-5,8,12,20H,6-7,9-11H2,1-3H3. The molecule has 1 fully saturated rings. The minimum atomic E-state index is -0.466. The van der Waals surface area contributed by atoms with Gasteiger partial charge in [-0.2, -0.15) is 0 Å². The van der Waals surface area contributed by atoms with E-state index in [2.05, 4.69) is 21.2 Å². The van der Waals surface area contributed by atoms with Crippen LogP contribution in [-0.4, -0.2) is 36.2 Å². The summed E-state index contributed by atoms with van der Waals surface area (Å²) in [5, 5.41) is 3.28. The van der Waals surface area contributed by atoms with E-state index in [1.54, 1.807) is 11.0 Å². The van der Waals surface area contributed by atoms with Crippen LogP contribution in [0, 0.1) is 11.7 Å². The largest absolute Gasteiger partial charge is 0.444 e. The first kappa shape index (κ1) is 18.2. The molecule has 0 aromatic heterocycles. The first-order chi connectivity index (χ1) is 10.7. The molecule has 1 aliphatic heterocycles. The normalized spacial score (nSPS) is 18.3. The maximum Gasteiger partial charge on any atom is 0.410 e. The molecule has 23 heavy (non-hydrogen) atoms. The zero-order chi connectivity index (χ0) is 17.0. The highest BCUT2D eigenvalue weighted by Gasteiger charge is 2.29. The fraction of sp³-hybridized carbons (Fsp3) is 0.588. The van der Waals surface area contributed by atoms with Crippen LogP contribution in [0.15, 0.2) is 22.7 Å². The van der Waals surface area contributed by atoms with Gasteiger partial charge in [-0.1, -0.05) is 22.0 Å². The molecule has 6 heteroatoms. The lowest BCUT2D eigenvalue weighted by atomic mass is 10.1. The van der Waals surface area contributed by atoms with Crippen LogP contribution < -0.4 is 5.32 Å². The molecular weight excluding hydrogens is 363 g/mol. The highest BCUT2D eigenvalue weighted by Crippen LogP contribution is 2.19. The summed E-state index contributed by atoms with van der Waals surface area (Å²) in [6, 6.07) is 5.07. The summed E-state index contributed by atoms with van der Waals surface area (Å²) in [6.07, 6.45) is 0.689. The van der Waals surface area contributed by atoms with E-state index < -0.39 is 5.60 Å². The molecule has 2 rings (SSSR count). The maximum atomic E-state index is 13.7. The van der Waals surface area contributed by atoms with E-state index in [9.17, 15) is 9.18 Å². The number of rotatable bonds is 4. The second-order valence-corrected chi connectivity index (χ2v) is 7.86. The summed E-state index contributed by atoms with van der Waals surface area (Å²) in [4.78, 5) is 13.8. The minimum Gasteiger partial charge on any atom is -0.444 e. The van der Waals surface area contributed by atoms with Gasteiger partial charge in [-0.3, -0.25) is 0 Å². The number of benzene rings is 1. The number of carbonyl (C=O) groups excluding carboxylic acids is 1. The Morgan fingerprint density at radius 1 is 1.48 bits per heavy atom. The Kier molecular flexibility index (Phi) is 6.03. The molecule has 0 saturated carbocycles. The van der Waals surface area contributed by atoms with Crippen molar-refractivity contribution < 1.29 is 13.9 Å². The van der Waals surface area contributed by atoms with Crippen LogP contribution in [-0.2, 0) is 11.3 Å². The van der Waals surface area contributed by atoms with Gasteiger partial charge in [0.1, 0.15) is 11.4 Å². The Labute approximate surface area is 145 Å². The second-order valence-electron chi connectivity index (χ2n) is 6.95. The highest BCUT2D eigenvalue weighted by atomic mass is 79.9. The van der Waals surface area contributed by atoms with Gasteiger partial charge in [0, 0.05) is 36.2 Å². The van der Waals surface area contributed by atoms with Gasteiger partial charge >= 0.3 is 6.09 Å². The number of ether oxygens (including phenoxy) is 1. The fourth-order valence-corrected chi connectivity index (χ4v) is 2.90. The van der Waals surface area contributed by atoms with Crippen molar-refractivity contribution in [2.24, 2.45) is 5.92 Å². The van der Waals surface area contributed by atoms with Crippen LogP contribution in [0.2, 0.25) is 0 Å². The number of halogens is 2. The van der Waals surface area contributed by atoms with Crippen molar-refractivity contribution in [3.8, 4) is 0 Å². The Morgan fingerprint density at radius 3 is 2.87 bits per heavy atom. The lowest BCUT2D eigenvalue weighted by Crippen LogP contribution is -2.36. The summed E-state index contributed by atoms with van der Waals surface area (Å²) < 4.78 is 19.9. The first-order valence-electron chi connectivity index (χ1n) is 7.87. The number of amides is 1. The van der Waals surface area contributed by atoms with E-state index in [1.807, 2.05) is 26.8 Å². The van der Waals surface area contributed by atoms with Gasteiger partial charge in [0.05, 0.1) is 0 Å². The van der Waals surface area contributed by atoms with Gasteiger partial charge in [0.2, 0.25) is 0 Å². The van der Waals surface area contributed by atoms with Crippen LogP contribution in [0.25, 0.3) is 0 Å². The number of nitrogens with zero attached hydrogens (tertiary/aromatic N) is 1. The summed E-state index contributed by atoms with van der Waals surface area (Å²) in [5.74, 6) is 0.162. The zero-order valence-electron chi connectivity index (χ0n) is 13.9. The number of nitrogens with one attached hydrogen (secondary N) is 1. The van der Waals surface area contributed by atoms with Gasteiger partial charge in [-0.15, -0.1) is 0 Å². The lowest BCUT2D eigenvalue weighted by Gasteiger charge is -2.24. The number of hydrogen-bond donors (Lipinski definition) is 1. The van der Waals surface area contributed by atoms with Crippen molar-refractivity contribution in [1.82, 2.24) is 10.2 Å². The average molecular weight is 387 g/mol. The monoisotopic (exact) mass is 386 g/mol. The molecule has 1 heterocycles. The van der Waals surface area contributed by atoms with Crippen LogP contribution in [0.1, 0.15) is 32.8 Å². The third-order valence-corrected chi connectivity index (χ3v) is 4.19. The molecule has 4 nitrogen and oxygen atoms in total. The number of carbonyl (C=O) groups is 1. The van der Waals surface area contributed by atoms with E-state index in [-0.39, 0.29) is 11.9 Å². The molecule has 1 unspecified atom stereocenters. The van der Waals surface area contributed by atoms with Gasteiger partial charge in [-0.25, -0.2) is 9.18 Å². The number of hydrogen-bond acceptors (Lipinski definition) is 3. The molecule has 1 saturated heterocycles. The van der Waals surface area contributed by atoms with Crippen molar-refractivity contribution >= 4 is 22.0 Å². The molecule has 1 atom stereocenters. The third-order valence-electron chi connectivity index (χ3n) is 3.70. The molecule has 1 aromatic rings. The molecular formula is C17H24BrFN2O2. The zero-order valence-corrected chi connectivity index (χ0v) is 15.5. The Bertz CT molecular complexity index is 560. The Hall–Kier alpha value is -1.14. The van der Waals surface area contributed by atoms with Crippen LogP contribution in [0.4, 0.5) is 9.18 Å². The smallest absolute Gasteiger partial charge is 0.410 e. The summed E-state index contributed by atoms with van der Waals surface area (Å²) in [5.41, 5.74) is 0.183. The summed E-state index contributed by atoms with van der Waals surface area (Å²) in [7, 11) is 0. The van der Waals surface area contributed by atoms with Gasteiger partial charge in [0.15, 0.2) is 0 Å². The predicted octanol–water partition coefficient (Wildman–Crippen LogP) is 3.93. The summed E-state index contributed by atoms with van der Waals surface area (Å²) >= 11 is 3.25. The van der Waals surface area contributed by atoms with Crippen molar-refractivity contribution in [2.45, 2.75) is 39.3 Å². The van der Waals surface area contributed by atoms with E-state index in [1.165, 1.54) is 6.07 Å². The molecule has 0 aliphatic carbocycles. The molecule has 1 N–H and O–H groups in total. The molecule has 1 aromatic carbocycles. The van der Waals surface area contributed by atoms with Crippen molar-refractivity contribution in [1.29, 1.82) is 0 Å². The van der Waals surface area contributed by atoms with Crippen molar-refractivity contribution in [2.75, 3.05) is 19.6 Å². The SMILES string of the molecule is CC(C)(C)OC(=O)N1CCC(CNCc2ccc(Br)cc2F)C1. The van der Waals surface area contributed by atoms with E-state index in [4.69, 9.17) is 4.74 Å². The van der Waals surface area contributed by atoms with Gasteiger partial charge in [0.25, 0.3) is 0 Å². The Morgan fingerprint density at radius 2 is 2.22 bits per heavy atom. The summed E-state index contributed by atoms with van der Waals surface area (Å²) in [6.45, 7) is 8.25. The van der Waals surface area contributed by atoms with E-state index >= 15 is 0 Å². The fourth-order valence-electron chi connectivity index (χ4n) is 2.57. The van der Waals surface area contributed by atoms with E-state index in [0.29, 0.717) is 31.1 Å². The lowest BCUT2D eigenvalue weighted by molar-refractivity contribution is 0.0288. The maximum absolute atomic E-state index is 13.7. The Balaban J connectivity index is 1.74. The quantitative estimate of drug-likeness (QED) is 0.851. The molecule has 128 valence electrons. The molecule has 0 bridgehead atoms. The highest BCUT2D eigenvalue weighted by molar-refractivity contribution is 9.10. The molecule has 0 spiro atoms. The van der Waals surface area contributed by atoms with Crippen LogP contribution >= 0.6 is 15.9 Å².